The van der Waals surface area contributed by atoms with Gasteiger partial charge in [0.2, 0.25) is 5.95 Å². The van der Waals surface area contributed by atoms with Crippen LogP contribution in [-0.2, 0) is 5.41 Å². The summed E-state index contributed by atoms with van der Waals surface area (Å²) in [7, 11) is 0. The second-order valence-corrected chi connectivity index (χ2v) is 12.6. The summed E-state index contributed by atoms with van der Waals surface area (Å²) in [6.07, 6.45) is 8.35. The summed E-state index contributed by atoms with van der Waals surface area (Å²) in [4.78, 5) is 14.6. The first-order valence-corrected chi connectivity index (χ1v) is 13.3. The van der Waals surface area contributed by atoms with E-state index in [1.807, 2.05) is 24.7 Å². The number of hydrogen-bond donors (Lipinski definition) is 1. The molecule has 9 rings (SSSR count). The Morgan fingerprint density at radius 2 is 1.89 bits per heavy atom. The smallest absolute Gasteiger partial charge is 0.229 e. The molecule has 3 saturated carbocycles. The van der Waals surface area contributed by atoms with Crippen LogP contribution in [0.4, 0.5) is 11.8 Å². The summed E-state index contributed by atoms with van der Waals surface area (Å²) < 4.78 is 1.92. The van der Waals surface area contributed by atoms with Crippen LogP contribution in [-0.4, -0.2) is 56.1 Å². The Kier molecular flexibility index (Phi) is 3.72. The average Bonchev–Trinajstić information content (AvgIpc) is 3.48. The Morgan fingerprint density at radius 1 is 1.11 bits per heavy atom. The predicted octanol–water partition coefficient (Wildman–Crippen LogP) is 3.71. The van der Waals surface area contributed by atoms with E-state index in [9.17, 15) is 10.4 Å². The van der Waals surface area contributed by atoms with Crippen LogP contribution in [0.1, 0.15) is 57.9 Å². The van der Waals surface area contributed by atoms with Crippen molar-refractivity contribution in [2.45, 2.75) is 69.4 Å². The number of aliphatic hydroxyl groups is 1. The highest BCUT2D eigenvalue weighted by Crippen LogP contribution is 2.78. The second kappa shape index (κ2) is 6.38. The van der Waals surface area contributed by atoms with Crippen molar-refractivity contribution < 1.29 is 5.11 Å². The number of nitriles is 1. The fraction of sp³-hybridized carbons (Fsp3) is 0.571. The zero-order valence-electron chi connectivity index (χ0n) is 20.9. The lowest BCUT2D eigenvalue weighted by molar-refractivity contribution is -0.0754. The van der Waals surface area contributed by atoms with Crippen LogP contribution in [0, 0.1) is 22.2 Å². The number of aromatic nitrogens is 4. The normalized spacial score (nSPS) is 31.3. The van der Waals surface area contributed by atoms with Gasteiger partial charge in [0.1, 0.15) is 5.82 Å². The van der Waals surface area contributed by atoms with E-state index in [0.29, 0.717) is 6.04 Å². The minimum absolute atomic E-state index is 0.0678. The molecule has 3 saturated heterocycles. The zero-order chi connectivity index (χ0) is 24.5. The summed E-state index contributed by atoms with van der Waals surface area (Å²) in [6.45, 7) is 6.63. The summed E-state index contributed by atoms with van der Waals surface area (Å²) in [5.74, 6) is 2.43. The van der Waals surface area contributed by atoms with Gasteiger partial charge in [0.25, 0.3) is 0 Å². The molecule has 1 aromatic carbocycles. The monoisotopic (exact) mass is 481 g/mol. The molecule has 8 nitrogen and oxygen atoms in total. The van der Waals surface area contributed by atoms with Gasteiger partial charge in [-0.05, 0) is 69.4 Å². The third-order valence-corrected chi connectivity index (χ3v) is 10.3. The maximum absolute atomic E-state index is 10.8. The third-order valence-electron chi connectivity index (χ3n) is 10.3. The molecule has 0 radical (unpaired) electrons. The lowest BCUT2D eigenvalue weighted by atomic mass is 9.61. The molecular weight excluding hydrogens is 450 g/mol. The van der Waals surface area contributed by atoms with Crippen LogP contribution >= 0.6 is 0 Å². The van der Waals surface area contributed by atoms with E-state index in [4.69, 9.17) is 15.1 Å². The summed E-state index contributed by atoms with van der Waals surface area (Å²) in [5.41, 5.74) is 1.21. The van der Waals surface area contributed by atoms with Gasteiger partial charge in [-0.2, -0.15) is 20.3 Å². The van der Waals surface area contributed by atoms with Crippen LogP contribution in [0.2, 0.25) is 0 Å². The first-order valence-electron chi connectivity index (χ1n) is 13.3. The summed E-state index contributed by atoms with van der Waals surface area (Å²) in [6, 6.07) is 11.5. The van der Waals surface area contributed by atoms with Gasteiger partial charge in [0, 0.05) is 42.5 Å². The van der Waals surface area contributed by atoms with E-state index in [1.54, 1.807) is 0 Å². The molecule has 0 amide bonds. The minimum atomic E-state index is -0.707. The van der Waals surface area contributed by atoms with Crippen molar-refractivity contribution in [2.24, 2.45) is 10.8 Å². The second-order valence-electron chi connectivity index (χ2n) is 12.6. The lowest BCUT2D eigenvalue weighted by Gasteiger charge is -2.45. The molecule has 8 heteroatoms. The Bertz CT molecular complexity index is 1470. The standard InChI is InChI=1S/C28H31N7O/c1-25(2,36)27-12-20(13-27)34(17-27)22-11-23(32-24(31-22)33-8-3-9-33)35-21-10-19(5-4-18(21)14-30-35)28(16-29)15-26(28)6-7-26/h4-5,10-11,14,20,36H,3,6-9,12-13,15,17H2,1-2H3/t20?,27?,28-/m1/s1. The Balaban J connectivity index is 1.22. The van der Waals surface area contributed by atoms with Gasteiger partial charge in [0.05, 0.1) is 28.8 Å². The molecule has 6 fully saturated rings. The molecule has 0 unspecified atom stereocenters. The number of hydrogen-bond acceptors (Lipinski definition) is 7. The highest BCUT2D eigenvalue weighted by Gasteiger charge is 2.75. The van der Waals surface area contributed by atoms with E-state index in [-0.39, 0.29) is 16.2 Å². The number of rotatable bonds is 5. The average molecular weight is 482 g/mol. The summed E-state index contributed by atoms with van der Waals surface area (Å²) in [5, 5.41) is 26.7. The summed E-state index contributed by atoms with van der Waals surface area (Å²) >= 11 is 0. The van der Waals surface area contributed by atoms with Gasteiger partial charge in [0.15, 0.2) is 5.82 Å². The first-order chi connectivity index (χ1) is 17.3. The molecule has 3 aliphatic heterocycles. The molecule has 2 bridgehead atoms. The van der Waals surface area contributed by atoms with Gasteiger partial charge in [-0.25, -0.2) is 4.68 Å². The number of nitrogens with zero attached hydrogens (tertiary/aromatic N) is 7. The maximum atomic E-state index is 10.8. The van der Waals surface area contributed by atoms with Crippen molar-refractivity contribution in [2.75, 3.05) is 29.4 Å². The Morgan fingerprint density at radius 3 is 2.50 bits per heavy atom. The molecule has 1 N–H and O–H groups in total. The van der Waals surface area contributed by atoms with Crippen LogP contribution < -0.4 is 9.80 Å². The topological polar surface area (TPSA) is 94.1 Å². The van der Waals surface area contributed by atoms with E-state index < -0.39 is 5.60 Å². The molecule has 3 aliphatic carbocycles. The molecule has 36 heavy (non-hydrogen) atoms. The maximum Gasteiger partial charge on any atom is 0.229 e. The number of benzene rings is 1. The van der Waals surface area contributed by atoms with Crippen LogP contribution in [0.5, 0.6) is 0 Å². The minimum Gasteiger partial charge on any atom is -0.390 e. The van der Waals surface area contributed by atoms with E-state index in [2.05, 4.69) is 40.1 Å². The van der Waals surface area contributed by atoms with Crippen LogP contribution in [0.25, 0.3) is 16.7 Å². The van der Waals surface area contributed by atoms with Crippen molar-refractivity contribution in [3.05, 3.63) is 36.0 Å². The molecule has 6 aliphatic rings. The third kappa shape index (κ3) is 2.54. The molecule has 1 spiro atoms. The van der Waals surface area contributed by atoms with Gasteiger partial charge >= 0.3 is 0 Å². The highest BCUT2D eigenvalue weighted by molar-refractivity contribution is 5.82. The molecular formula is C28H31N7O. The van der Waals surface area contributed by atoms with Gasteiger partial charge in [-0.15, -0.1) is 0 Å². The molecule has 2 aromatic heterocycles. The Hall–Kier alpha value is -3.18. The van der Waals surface area contributed by atoms with Gasteiger partial charge in [-0.1, -0.05) is 12.1 Å². The fourth-order valence-corrected chi connectivity index (χ4v) is 7.25. The van der Waals surface area contributed by atoms with Crippen molar-refractivity contribution in [1.29, 1.82) is 5.26 Å². The van der Waals surface area contributed by atoms with Crippen molar-refractivity contribution in [1.82, 2.24) is 19.7 Å². The molecule has 184 valence electrons. The van der Waals surface area contributed by atoms with Crippen LogP contribution in [0.15, 0.2) is 30.5 Å². The van der Waals surface area contributed by atoms with Crippen molar-refractivity contribution >= 4 is 22.7 Å². The Labute approximate surface area is 210 Å². The van der Waals surface area contributed by atoms with E-state index in [0.717, 1.165) is 92.2 Å². The van der Waals surface area contributed by atoms with Crippen LogP contribution in [0.3, 0.4) is 0 Å². The van der Waals surface area contributed by atoms with Gasteiger partial charge < -0.3 is 14.9 Å². The fourth-order valence-electron chi connectivity index (χ4n) is 7.25. The van der Waals surface area contributed by atoms with E-state index >= 15 is 0 Å². The first kappa shape index (κ1) is 21.0. The van der Waals surface area contributed by atoms with Crippen molar-refractivity contribution in [3.63, 3.8) is 0 Å². The molecule has 3 aromatic rings. The SMILES string of the molecule is CC(C)(O)C12CC(C1)N(c1cc(-n3ncc4ccc([C@]5(C#N)CC56CC6)cc43)nc(N3CCC3)n1)C2. The number of anilines is 2. The van der Waals surface area contributed by atoms with E-state index in [1.165, 1.54) is 0 Å². The van der Waals surface area contributed by atoms with Gasteiger partial charge in [-0.3, -0.25) is 0 Å². The number of fused-ring (bicyclic) bond motifs is 2. The molecule has 1 atom stereocenters. The molecule has 5 heterocycles. The largest absolute Gasteiger partial charge is 0.390 e. The zero-order valence-corrected chi connectivity index (χ0v) is 20.9. The quantitative estimate of drug-likeness (QED) is 0.594. The highest BCUT2D eigenvalue weighted by atomic mass is 16.3. The predicted molar refractivity (Wildman–Crippen MR) is 136 cm³/mol. The lowest BCUT2D eigenvalue weighted by Crippen LogP contribution is -2.50. The van der Waals surface area contributed by atoms with Crippen molar-refractivity contribution in [3.8, 4) is 11.9 Å².